The molecular formula is C17H15N5O3S. The highest BCUT2D eigenvalue weighted by atomic mass is 32.1. The van der Waals surface area contributed by atoms with Crippen LogP contribution in [0.15, 0.2) is 42.0 Å². The van der Waals surface area contributed by atoms with Gasteiger partial charge < -0.3 is 10.5 Å². The molecule has 3 aromatic rings. The fourth-order valence-electron chi connectivity index (χ4n) is 2.05. The van der Waals surface area contributed by atoms with E-state index in [0.717, 1.165) is 16.8 Å². The smallest absolute Gasteiger partial charge is 0.361 e. The molecule has 0 atom stereocenters. The normalized spacial score (nSPS) is 10.3. The number of hydrogen-bond donors (Lipinski definition) is 2. The number of nitrogen functional groups attached to an aromatic ring is 1. The van der Waals surface area contributed by atoms with Crippen LogP contribution < -0.4 is 11.1 Å². The molecule has 0 aliphatic carbocycles. The summed E-state index contributed by atoms with van der Waals surface area (Å²) in [6.07, 6.45) is 2.67. The number of anilines is 2. The number of hydrogen-bond acceptors (Lipinski definition) is 8. The van der Waals surface area contributed by atoms with Crippen LogP contribution in [0.1, 0.15) is 16.1 Å². The Labute approximate surface area is 153 Å². The fraction of sp³-hybridized carbons (Fsp3) is 0.118. The van der Waals surface area contributed by atoms with Crippen LogP contribution in [0, 0.1) is 6.92 Å². The molecule has 26 heavy (non-hydrogen) atoms. The lowest BCUT2D eigenvalue weighted by Crippen LogP contribution is -2.22. The second-order valence-corrected chi connectivity index (χ2v) is 6.18. The van der Waals surface area contributed by atoms with Gasteiger partial charge in [0.05, 0.1) is 5.69 Å². The third-order valence-electron chi connectivity index (χ3n) is 3.35. The second-order valence-electron chi connectivity index (χ2n) is 5.32. The summed E-state index contributed by atoms with van der Waals surface area (Å²) in [5.41, 5.74) is 8.28. The summed E-state index contributed by atoms with van der Waals surface area (Å²) in [5.74, 6) is -1.38. The number of nitrogens with zero attached hydrogens (tertiary/aromatic N) is 3. The van der Waals surface area contributed by atoms with Crippen molar-refractivity contribution in [1.82, 2.24) is 15.0 Å². The van der Waals surface area contributed by atoms with Crippen LogP contribution in [0.25, 0.3) is 11.3 Å². The minimum Gasteiger partial charge on any atom is -0.451 e. The molecule has 0 bridgehead atoms. The summed E-state index contributed by atoms with van der Waals surface area (Å²) < 4.78 is 4.89. The highest BCUT2D eigenvalue weighted by Gasteiger charge is 2.16. The number of nitrogens with one attached hydrogen (secondary N) is 1. The Morgan fingerprint density at radius 1 is 1.19 bits per heavy atom. The predicted molar refractivity (Wildman–Crippen MR) is 97.6 cm³/mol. The van der Waals surface area contributed by atoms with E-state index in [-0.39, 0.29) is 11.5 Å². The van der Waals surface area contributed by atoms with Gasteiger partial charge in [0.2, 0.25) is 0 Å². The van der Waals surface area contributed by atoms with E-state index in [1.165, 1.54) is 23.7 Å². The first-order valence-electron chi connectivity index (χ1n) is 7.59. The lowest BCUT2D eigenvalue weighted by Gasteiger charge is -2.05. The number of esters is 1. The molecule has 0 spiro atoms. The molecule has 0 radical (unpaired) electrons. The number of aryl methyl sites for hydroxylation is 1. The lowest BCUT2D eigenvalue weighted by molar-refractivity contribution is -0.119. The first kappa shape index (κ1) is 17.5. The molecule has 0 fully saturated rings. The summed E-state index contributed by atoms with van der Waals surface area (Å²) in [4.78, 5) is 35.6. The average molecular weight is 369 g/mol. The van der Waals surface area contributed by atoms with Crippen LogP contribution in [0.3, 0.4) is 0 Å². The maximum atomic E-state index is 11.9. The molecule has 2 heterocycles. The van der Waals surface area contributed by atoms with Gasteiger partial charge in [-0.15, -0.1) is 11.3 Å². The number of nitrogens with two attached hydrogens (primary N) is 1. The molecule has 132 valence electrons. The van der Waals surface area contributed by atoms with Gasteiger partial charge in [-0.3, -0.25) is 10.1 Å². The fourth-order valence-corrected chi connectivity index (χ4v) is 2.78. The Hall–Kier alpha value is -3.33. The van der Waals surface area contributed by atoms with Crippen molar-refractivity contribution < 1.29 is 14.3 Å². The van der Waals surface area contributed by atoms with Gasteiger partial charge in [-0.05, 0) is 6.92 Å². The van der Waals surface area contributed by atoms with E-state index < -0.39 is 18.5 Å². The zero-order chi connectivity index (χ0) is 18.5. The third-order valence-corrected chi connectivity index (χ3v) is 4.11. The largest absolute Gasteiger partial charge is 0.451 e. The second kappa shape index (κ2) is 7.70. The topological polar surface area (TPSA) is 120 Å². The van der Waals surface area contributed by atoms with Gasteiger partial charge in [-0.2, -0.15) is 0 Å². The van der Waals surface area contributed by atoms with Gasteiger partial charge in [0.25, 0.3) is 5.91 Å². The Balaban J connectivity index is 1.56. The average Bonchev–Trinajstić information content (AvgIpc) is 3.09. The van der Waals surface area contributed by atoms with Crippen molar-refractivity contribution in [2.24, 2.45) is 0 Å². The molecular weight excluding hydrogens is 354 g/mol. The number of aromatic nitrogens is 3. The standard InChI is InChI=1S/C17H15N5O3S/c1-10-2-4-11(5-3-10)12-9-26-17(21-12)22-13(23)8-25-16(24)14-15(18)20-7-6-19-14/h2-7,9H,8H2,1H3,(H2,18,20)(H,21,22,23). The first-order valence-corrected chi connectivity index (χ1v) is 8.47. The van der Waals surface area contributed by atoms with Crippen LogP contribution in [-0.2, 0) is 9.53 Å². The Kier molecular flexibility index (Phi) is 5.18. The van der Waals surface area contributed by atoms with E-state index in [4.69, 9.17) is 10.5 Å². The van der Waals surface area contributed by atoms with Crippen LogP contribution in [0.4, 0.5) is 10.9 Å². The summed E-state index contributed by atoms with van der Waals surface area (Å²) in [5, 5.41) is 4.85. The maximum absolute atomic E-state index is 11.9. The molecule has 3 N–H and O–H groups in total. The molecule has 1 amide bonds. The minimum atomic E-state index is -0.815. The van der Waals surface area contributed by atoms with Crippen LogP contribution >= 0.6 is 11.3 Å². The molecule has 0 saturated heterocycles. The first-order chi connectivity index (χ1) is 12.5. The van der Waals surface area contributed by atoms with E-state index in [2.05, 4.69) is 20.3 Å². The zero-order valence-electron chi connectivity index (χ0n) is 13.8. The lowest BCUT2D eigenvalue weighted by atomic mass is 10.1. The van der Waals surface area contributed by atoms with Crippen molar-refractivity contribution in [3.63, 3.8) is 0 Å². The highest BCUT2D eigenvalue weighted by Crippen LogP contribution is 2.25. The molecule has 0 aliphatic rings. The van der Waals surface area contributed by atoms with Gasteiger partial charge in [-0.1, -0.05) is 29.8 Å². The number of rotatable bonds is 5. The van der Waals surface area contributed by atoms with E-state index >= 15 is 0 Å². The Morgan fingerprint density at radius 3 is 2.65 bits per heavy atom. The quantitative estimate of drug-likeness (QED) is 0.662. The van der Waals surface area contributed by atoms with E-state index in [1.54, 1.807) is 0 Å². The van der Waals surface area contributed by atoms with Crippen molar-refractivity contribution in [3.8, 4) is 11.3 Å². The molecule has 1 aromatic carbocycles. The van der Waals surface area contributed by atoms with Gasteiger partial charge in [-0.25, -0.2) is 19.7 Å². The summed E-state index contributed by atoms with van der Waals surface area (Å²) in [7, 11) is 0. The number of carbonyl (C=O) groups is 2. The number of amides is 1. The van der Waals surface area contributed by atoms with Crippen LogP contribution in [0.2, 0.25) is 0 Å². The SMILES string of the molecule is Cc1ccc(-c2csc(NC(=O)COC(=O)c3nccnc3N)n2)cc1. The van der Waals surface area contributed by atoms with Crippen molar-refractivity contribution in [3.05, 3.63) is 53.3 Å². The highest BCUT2D eigenvalue weighted by molar-refractivity contribution is 7.14. The minimum absolute atomic E-state index is 0.0550. The van der Waals surface area contributed by atoms with E-state index in [0.29, 0.717) is 5.13 Å². The number of benzene rings is 1. The maximum Gasteiger partial charge on any atom is 0.361 e. The van der Waals surface area contributed by atoms with Crippen molar-refractivity contribution in [1.29, 1.82) is 0 Å². The van der Waals surface area contributed by atoms with Crippen molar-refractivity contribution in [2.45, 2.75) is 6.92 Å². The molecule has 3 rings (SSSR count). The van der Waals surface area contributed by atoms with Crippen molar-refractivity contribution >= 4 is 34.2 Å². The zero-order valence-corrected chi connectivity index (χ0v) is 14.6. The molecule has 8 nitrogen and oxygen atoms in total. The van der Waals surface area contributed by atoms with Crippen LogP contribution in [-0.4, -0.2) is 33.4 Å². The van der Waals surface area contributed by atoms with Crippen molar-refractivity contribution in [2.75, 3.05) is 17.7 Å². The molecule has 0 saturated carbocycles. The van der Waals surface area contributed by atoms with Gasteiger partial charge >= 0.3 is 5.97 Å². The monoisotopic (exact) mass is 369 g/mol. The van der Waals surface area contributed by atoms with E-state index in [9.17, 15) is 9.59 Å². The van der Waals surface area contributed by atoms with E-state index in [1.807, 2.05) is 36.6 Å². The molecule has 0 unspecified atom stereocenters. The summed E-state index contributed by atoms with van der Waals surface area (Å²) >= 11 is 1.28. The molecule has 0 aliphatic heterocycles. The van der Waals surface area contributed by atoms with Gasteiger partial charge in [0.1, 0.15) is 0 Å². The van der Waals surface area contributed by atoms with Gasteiger partial charge in [0.15, 0.2) is 23.3 Å². The predicted octanol–water partition coefficient (Wildman–Crippen LogP) is 2.29. The Bertz CT molecular complexity index is 940. The number of ether oxygens (including phenoxy) is 1. The summed E-state index contributed by atoms with van der Waals surface area (Å²) in [6.45, 7) is 1.53. The molecule has 9 heteroatoms. The number of thiazole rings is 1. The van der Waals surface area contributed by atoms with Crippen LogP contribution in [0.5, 0.6) is 0 Å². The third kappa shape index (κ3) is 4.19. The Morgan fingerprint density at radius 2 is 1.92 bits per heavy atom. The molecule has 2 aromatic heterocycles. The number of carbonyl (C=O) groups excluding carboxylic acids is 2. The summed E-state index contributed by atoms with van der Waals surface area (Å²) in [6, 6.07) is 7.90. The van der Waals surface area contributed by atoms with Gasteiger partial charge in [0, 0.05) is 23.3 Å².